The molecule has 4 aromatic rings. The van der Waals surface area contributed by atoms with Crippen LogP contribution >= 0.6 is 0 Å². The van der Waals surface area contributed by atoms with Crippen LogP contribution in [0.4, 0.5) is 23.2 Å². The van der Waals surface area contributed by atoms with Gasteiger partial charge < -0.3 is 5.32 Å². The highest BCUT2D eigenvalue weighted by molar-refractivity contribution is 6.06. The summed E-state index contributed by atoms with van der Waals surface area (Å²) in [5.41, 5.74) is -1.69. The summed E-state index contributed by atoms with van der Waals surface area (Å²) in [4.78, 5) is 30.2. The van der Waals surface area contributed by atoms with Crippen LogP contribution in [-0.2, 0) is 12.7 Å². The molecule has 0 radical (unpaired) electrons. The molecule has 0 fully saturated rings. The first kappa shape index (κ1) is 21.2. The van der Waals surface area contributed by atoms with Crippen LogP contribution in [-0.4, -0.2) is 15.5 Å². The smallest absolute Gasteiger partial charge is 0.321 e. The lowest BCUT2D eigenvalue weighted by atomic mass is 10.1. The van der Waals surface area contributed by atoms with E-state index in [1.807, 2.05) is 0 Å². The van der Waals surface area contributed by atoms with Crippen molar-refractivity contribution in [3.05, 3.63) is 106 Å². The summed E-state index contributed by atoms with van der Waals surface area (Å²) in [6, 6.07) is 14.5. The predicted octanol–water partition coefficient (Wildman–Crippen LogP) is 4.86. The minimum absolute atomic E-state index is 0.00706. The van der Waals surface area contributed by atoms with Crippen molar-refractivity contribution in [3.63, 3.8) is 0 Å². The molecule has 0 saturated carbocycles. The first-order valence-corrected chi connectivity index (χ1v) is 9.44. The number of alkyl halides is 3. The van der Waals surface area contributed by atoms with Gasteiger partial charge in [-0.2, -0.15) is 13.2 Å². The SMILES string of the molecule is O=C(Nc1ccccc1C(F)(F)F)c1cc2cccnc2n(Cc2ccc(F)cc2)c1=O. The Morgan fingerprint density at radius 3 is 2.44 bits per heavy atom. The van der Waals surface area contributed by atoms with E-state index in [1.54, 1.807) is 12.1 Å². The maximum absolute atomic E-state index is 13.3. The van der Waals surface area contributed by atoms with E-state index in [1.165, 1.54) is 53.2 Å². The molecular weight excluding hydrogens is 426 g/mol. The molecular formula is C23H15F4N3O2. The fourth-order valence-corrected chi connectivity index (χ4v) is 3.32. The molecule has 2 aromatic carbocycles. The van der Waals surface area contributed by atoms with Crippen LogP contribution in [0.15, 0.2) is 77.7 Å². The standard InChI is InChI=1S/C23H15F4N3O2/c24-16-9-7-14(8-10-16)13-30-20-15(4-3-11-28-20)12-17(22(30)32)21(31)29-19-6-2-1-5-18(19)23(25,26)27/h1-12H,13H2,(H,29,31). The highest BCUT2D eigenvalue weighted by atomic mass is 19.4. The molecule has 32 heavy (non-hydrogen) atoms. The van der Waals surface area contributed by atoms with E-state index in [0.29, 0.717) is 10.9 Å². The number of fused-ring (bicyclic) bond motifs is 1. The summed E-state index contributed by atoms with van der Waals surface area (Å²) in [6.45, 7) is -0.00706. The first-order chi connectivity index (χ1) is 15.2. The van der Waals surface area contributed by atoms with Crippen molar-refractivity contribution in [2.45, 2.75) is 12.7 Å². The number of nitrogens with one attached hydrogen (secondary N) is 1. The molecule has 4 rings (SSSR count). The lowest BCUT2D eigenvalue weighted by Crippen LogP contribution is -2.30. The second-order valence-electron chi connectivity index (χ2n) is 6.99. The topological polar surface area (TPSA) is 64.0 Å². The van der Waals surface area contributed by atoms with Gasteiger partial charge in [-0.25, -0.2) is 9.37 Å². The maximum Gasteiger partial charge on any atom is 0.418 e. The number of halogens is 4. The van der Waals surface area contributed by atoms with Gasteiger partial charge in [0.15, 0.2) is 0 Å². The van der Waals surface area contributed by atoms with E-state index in [9.17, 15) is 27.2 Å². The number of hydrogen-bond donors (Lipinski definition) is 1. The Morgan fingerprint density at radius 1 is 1.00 bits per heavy atom. The normalized spacial score (nSPS) is 11.5. The van der Waals surface area contributed by atoms with Gasteiger partial charge in [0.05, 0.1) is 17.8 Å². The van der Waals surface area contributed by atoms with Gasteiger partial charge in [0.2, 0.25) is 0 Å². The maximum atomic E-state index is 13.3. The van der Waals surface area contributed by atoms with Gasteiger partial charge in [-0.15, -0.1) is 0 Å². The van der Waals surface area contributed by atoms with Crippen molar-refractivity contribution in [1.29, 1.82) is 0 Å². The largest absolute Gasteiger partial charge is 0.418 e. The molecule has 5 nitrogen and oxygen atoms in total. The van der Waals surface area contributed by atoms with Gasteiger partial charge in [0.25, 0.3) is 11.5 Å². The van der Waals surface area contributed by atoms with E-state index in [-0.39, 0.29) is 17.8 Å². The van der Waals surface area contributed by atoms with Crippen LogP contribution in [0.1, 0.15) is 21.5 Å². The molecule has 1 amide bonds. The lowest BCUT2D eigenvalue weighted by Gasteiger charge is -2.15. The Hall–Kier alpha value is -4.01. The number of anilines is 1. The molecule has 0 spiro atoms. The van der Waals surface area contributed by atoms with Crippen LogP contribution in [0.25, 0.3) is 11.0 Å². The number of hydrogen-bond acceptors (Lipinski definition) is 3. The third-order valence-electron chi connectivity index (χ3n) is 4.83. The van der Waals surface area contributed by atoms with Crippen molar-refractivity contribution >= 4 is 22.6 Å². The lowest BCUT2D eigenvalue weighted by molar-refractivity contribution is -0.136. The zero-order valence-corrected chi connectivity index (χ0v) is 16.4. The van der Waals surface area contributed by atoms with Crippen LogP contribution in [0.2, 0.25) is 0 Å². The second kappa shape index (κ2) is 8.26. The highest BCUT2D eigenvalue weighted by Crippen LogP contribution is 2.34. The molecule has 162 valence electrons. The van der Waals surface area contributed by atoms with E-state index in [0.717, 1.165) is 12.1 Å². The number of para-hydroxylation sites is 1. The molecule has 0 unspecified atom stereocenters. The third kappa shape index (κ3) is 4.22. The Morgan fingerprint density at radius 2 is 1.72 bits per heavy atom. The van der Waals surface area contributed by atoms with Crippen LogP contribution in [0.5, 0.6) is 0 Å². The number of pyridine rings is 2. The van der Waals surface area contributed by atoms with Crippen molar-refractivity contribution in [2.75, 3.05) is 5.32 Å². The number of carbonyl (C=O) groups is 1. The number of rotatable bonds is 4. The van der Waals surface area contributed by atoms with Crippen molar-refractivity contribution in [3.8, 4) is 0 Å². The van der Waals surface area contributed by atoms with Crippen LogP contribution in [0.3, 0.4) is 0 Å². The van der Waals surface area contributed by atoms with E-state index in [4.69, 9.17) is 0 Å². The van der Waals surface area contributed by atoms with Crippen LogP contribution < -0.4 is 10.9 Å². The summed E-state index contributed by atoms with van der Waals surface area (Å²) < 4.78 is 54.3. The number of amides is 1. The predicted molar refractivity (Wildman–Crippen MR) is 111 cm³/mol. The average Bonchev–Trinajstić information content (AvgIpc) is 2.76. The zero-order valence-electron chi connectivity index (χ0n) is 16.4. The summed E-state index contributed by atoms with van der Waals surface area (Å²) in [7, 11) is 0. The average molecular weight is 441 g/mol. The van der Waals surface area contributed by atoms with Gasteiger partial charge >= 0.3 is 6.18 Å². The Kier molecular flexibility index (Phi) is 5.48. The highest BCUT2D eigenvalue weighted by Gasteiger charge is 2.33. The minimum Gasteiger partial charge on any atom is -0.321 e. The van der Waals surface area contributed by atoms with Gasteiger partial charge in [-0.1, -0.05) is 24.3 Å². The molecule has 0 aliphatic heterocycles. The van der Waals surface area contributed by atoms with Crippen LogP contribution in [0, 0.1) is 5.82 Å². The minimum atomic E-state index is -4.68. The Bertz CT molecular complexity index is 1360. The zero-order chi connectivity index (χ0) is 22.9. The first-order valence-electron chi connectivity index (χ1n) is 9.44. The summed E-state index contributed by atoms with van der Waals surface area (Å²) in [5.74, 6) is -1.43. The molecule has 0 atom stereocenters. The van der Waals surface area contributed by atoms with Crippen molar-refractivity contribution in [2.24, 2.45) is 0 Å². The van der Waals surface area contributed by atoms with E-state index < -0.39 is 34.7 Å². The number of aromatic nitrogens is 2. The van der Waals surface area contributed by atoms with E-state index in [2.05, 4.69) is 10.3 Å². The Balaban J connectivity index is 1.78. The summed E-state index contributed by atoms with van der Waals surface area (Å²) in [5, 5.41) is 2.64. The number of carbonyl (C=O) groups excluding carboxylic acids is 1. The molecule has 2 heterocycles. The van der Waals surface area contributed by atoms with Gasteiger partial charge in [0, 0.05) is 11.6 Å². The van der Waals surface area contributed by atoms with Crippen molar-refractivity contribution < 1.29 is 22.4 Å². The van der Waals surface area contributed by atoms with Gasteiger partial charge in [-0.05, 0) is 48.0 Å². The molecule has 0 aliphatic rings. The third-order valence-corrected chi connectivity index (χ3v) is 4.83. The Labute approximate surface area is 179 Å². The second-order valence-corrected chi connectivity index (χ2v) is 6.99. The van der Waals surface area contributed by atoms with E-state index >= 15 is 0 Å². The molecule has 0 bridgehead atoms. The van der Waals surface area contributed by atoms with Crippen molar-refractivity contribution in [1.82, 2.24) is 9.55 Å². The monoisotopic (exact) mass is 441 g/mol. The molecule has 1 N–H and O–H groups in total. The summed E-state index contributed by atoms with van der Waals surface area (Å²) >= 11 is 0. The molecule has 0 aliphatic carbocycles. The fourth-order valence-electron chi connectivity index (χ4n) is 3.32. The molecule has 9 heteroatoms. The number of nitrogens with zero attached hydrogens (tertiary/aromatic N) is 2. The number of benzene rings is 2. The summed E-state index contributed by atoms with van der Waals surface area (Å²) in [6.07, 6.45) is -3.21. The van der Waals surface area contributed by atoms with Gasteiger partial charge in [-0.3, -0.25) is 14.2 Å². The van der Waals surface area contributed by atoms with Gasteiger partial charge in [0.1, 0.15) is 17.0 Å². The molecule has 0 saturated heterocycles. The quantitative estimate of drug-likeness (QED) is 0.461. The fraction of sp³-hybridized carbons (Fsp3) is 0.0870. The molecule has 2 aromatic heterocycles.